The molecule has 30 heavy (non-hydrogen) atoms. The Bertz CT molecular complexity index is 1040. The quantitative estimate of drug-likeness (QED) is 0.567. The summed E-state index contributed by atoms with van der Waals surface area (Å²) in [5.41, 5.74) is 4.60. The predicted octanol–water partition coefficient (Wildman–Crippen LogP) is 6.34. The second-order valence-corrected chi connectivity index (χ2v) is 9.91. The van der Waals surface area contributed by atoms with Gasteiger partial charge in [0, 0.05) is 22.8 Å². The normalized spacial score (nSPS) is 23.0. The van der Waals surface area contributed by atoms with E-state index in [0.29, 0.717) is 21.0 Å². The molecule has 2 aliphatic heterocycles. The van der Waals surface area contributed by atoms with Crippen LogP contribution in [0.25, 0.3) is 6.08 Å². The van der Waals surface area contributed by atoms with Crippen LogP contribution in [0.4, 0.5) is 11.4 Å². The van der Waals surface area contributed by atoms with Gasteiger partial charge in [0.1, 0.15) is 0 Å². The second kappa shape index (κ2) is 8.12. The van der Waals surface area contributed by atoms with Crippen molar-refractivity contribution in [2.45, 2.75) is 45.6 Å². The molecule has 0 aromatic heterocycles. The lowest BCUT2D eigenvalue weighted by Crippen LogP contribution is -2.48. The van der Waals surface area contributed by atoms with E-state index in [0.717, 1.165) is 24.2 Å². The average Bonchev–Trinajstić information content (AvgIpc) is 3.02. The molecule has 1 unspecified atom stereocenters. The van der Waals surface area contributed by atoms with Gasteiger partial charge in [-0.25, -0.2) is 4.99 Å². The Balaban J connectivity index is 1.60. The number of hydrogen-bond donors (Lipinski definition) is 1. The first-order valence-electron chi connectivity index (χ1n) is 10.2. The Hall–Kier alpha value is -2.24. The van der Waals surface area contributed by atoms with Gasteiger partial charge >= 0.3 is 0 Å². The van der Waals surface area contributed by atoms with Gasteiger partial charge in [-0.1, -0.05) is 24.6 Å². The zero-order valence-electron chi connectivity index (χ0n) is 17.7. The fourth-order valence-corrected chi connectivity index (χ4v) is 5.43. The Morgan fingerprint density at radius 2 is 2.00 bits per heavy atom. The van der Waals surface area contributed by atoms with Crippen molar-refractivity contribution in [2.75, 3.05) is 11.4 Å². The van der Waals surface area contributed by atoms with E-state index >= 15 is 0 Å². The number of anilines is 1. The molecule has 156 valence electrons. The molecular formula is C24H26ClN3OS. The summed E-state index contributed by atoms with van der Waals surface area (Å²) in [4.78, 5) is 20.1. The van der Waals surface area contributed by atoms with Crippen LogP contribution in [0.2, 0.25) is 5.02 Å². The Labute approximate surface area is 187 Å². The standard InChI is InChI=1S/C24H26ClN3OS/c1-5-28-20-11-6-16(12-19(20)15(2)14-24(28,3)4)13-21-22(29)27-23(30-21)26-18-9-7-17(25)8-10-18/h6-13,15H,5,14H2,1-4H3,(H,26,27,29)/b21-13+. The van der Waals surface area contributed by atoms with Crippen molar-refractivity contribution in [3.8, 4) is 0 Å². The SMILES string of the molecule is CCN1c2ccc(/C=C3/SC(=Nc4ccc(Cl)cc4)NC3=O)cc2C(C)CC1(C)C. The molecule has 0 bridgehead atoms. The number of nitrogens with zero attached hydrogens (tertiary/aromatic N) is 2. The van der Waals surface area contributed by atoms with Crippen molar-refractivity contribution in [2.24, 2.45) is 4.99 Å². The van der Waals surface area contributed by atoms with Crippen molar-refractivity contribution in [3.63, 3.8) is 0 Å². The third-order valence-electron chi connectivity index (χ3n) is 5.73. The number of amides is 1. The highest BCUT2D eigenvalue weighted by molar-refractivity contribution is 8.18. The van der Waals surface area contributed by atoms with Crippen molar-refractivity contribution in [1.82, 2.24) is 5.32 Å². The number of carbonyl (C=O) groups is 1. The highest BCUT2D eigenvalue weighted by atomic mass is 35.5. The lowest BCUT2D eigenvalue weighted by atomic mass is 9.79. The molecule has 0 radical (unpaired) electrons. The van der Waals surface area contributed by atoms with Crippen LogP contribution in [-0.4, -0.2) is 23.2 Å². The number of carbonyl (C=O) groups excluding carboxylic acids is 1. The predicted molar refractivity (Wildman–Crippen MR) is 129 cm³/mol. The molecule has 4 rings (SSSR count). The van der Waals surface area contributed by atoms with Crippen molar-refractivity contribution < 1.29 is 4.79 Å². The van der Waals surface area contributed by atoms with Crippen LogP contribution in [0.15, 0.2) is 52.4 Å². The summed E-state index contributed by atoms with van der Waals surface area (Å²) in [6.45, 7) is 10.1. The summed E-state index contributed by atoms with van der Waals surface area (Å²) in [6, 6.07) is 13.8. The Morgan fingerprint density at radius 3 is 2.70 bits per heavy atom. The molecule has 0 saturated carbocycles. The fourth-order valence-electron chi connectivity index (χ4n) is 4.46. The van der Waals surface area contributed by atoms with Gasteiger partial charge in [-0.05, 0) is 98.5 Å². The molecule has 2 heterocycles. The van der Waals surface area contributed by atoms with Gasteiger partial charge < -0.3 is 10.2 Å². The summed E-state index contributed by atoms with van der Waals surface area (Å²) < 4.78 is 0. The summed E-state index contributed by atoms with van der Waals surface area (Å²) >= 11 is 7.29. The fraction of sp³-hybridized carbons (Fsp3) is 0.333. The minimum Gasteiger partial charge on any atom is -0.366 e. The van der Waals surface area contributed by atoms with Crippen LogP contribution >= 0.6 is 23.4 Å². The molecule has 2 aromatic rings. The Kier molecular flexibility index (Phi) is 5.69. The number of fused-ring (bicyclic) bond motifs is 1. The van der Waals surface area contributed by atoms with Crippen molar-refractivity contribution >= 4 is 51.9 Å². The molecule has 1 fully saturated rings. The smallest absolute Gasteiger partial charge is 0.264 e. The van der Waals surface area contributed by atoms with E-state index in [4.69, 9.17) is 11.6 Å². The molecule has 4 nitrogen and oxygen atoms in total. The van der Waals surface area contributed by atoms with E-state index in [1.807, 2.05) is 18.2 Å². The van der Waals surface area contributed by atoms with Crippen LogP contribution in [0.3, 0.4) is 0 Å². The van der Waals surface area contributed by atoms with Crippen molar-refractivity contribution in [3.05, 3.63) is 63.5 Å². The maximum absolute atomic E-state index is 12.5. The second-order valence-electron chi connectivity index (χ2n) is 8.44. The van der Waals surface area contributed by atoms with E-state index in [9.17, 15) is 4.79 Å². The van der Waals surface area contributed by atoms with Gasteiger partial charge in [0.25, 0.3) is 5.91 Å². The van der Waals surface area contributed by atoms with Crippen LogP contribution in [0.5, 0.6) is 0 Å². The van der Waals surface area contributed by atoms with E-state index < -0.39 is 0 Å². The zero-order valence-corrected chi connectivity index (χ0v) is 19.3. The van der Waals surface area contributed by atoms with Gasteiger partial charge in [-0.15, -0.1) is 0 Å². The third-order valence-corrected chi connectivity index (χ3v) is 6.89. The topological polar surface area (TPSA) is 44.7 Å². The number of thioether (sulfide) groups is 1. The van der Waals surface area contributed by atoms with Gasteiger partial charge in [0.15, 0.2) is 5.17 Å². The van der Waals surface area contributed by atoms with Gasteiger partial charge in [-0.2, -0.15) is 0 Å². The molecular weight excluding hydrogens is 414 g/mol. The molecule has 0 aliphatic carbocycles. The molecule has 1 saturated heterocycles. The molecule has 2 aromatic carbocycles. The van der Waals surface area contributed by atoms with E-state index in [2.05, 4.69) is 61.1 Å². The summed E-state index contributed by atoms with van der Waals surface area (Å²) in [7, 11) is 0. The lowest BCUT2D eigenvalue weighted by molar-refractivity contribution is -0.115. The number of benzene rings is 2. The minimum absolute atomic E-state index is 0.116. The maximum Gasteiger partial charge on any atom is 0.264 e. The number of amidine groups is 1. The first-order chi connectivity index (χ1) is 14.3. The number of hydrogen-bond acceptors (Lipinski definition) is 4. The first kappa shape index (κ1) is 21.0. The van der Waals surface area contributed by atoms with E-state index in [1.165, 1.54) is 23.0 Å². The van der Waals surface area contributed by atoms with Gasteiger partial charge in [0.05, 0.1) is 10.6 Å². The number of nitrogens with one attached hydrogen (secondary N) is 1. The van der Waals surface area contributed by atoms with Crippen LogP contribution in [0, 0.1) is 0 Å². The van der Waals surface area contributed by atoms with Gasteiger partial charge in [0.2, 0.25) is 0 Å². The number of halogens is 1. The molecule has 1 N–H and O–H groups in total. The summed E-state index contributed by atoms with van der Waals surface area (Å²) in [5, 5.41) is 4.09. The monoisotopic (exact) mass is 439 g/mol. The highest BCUT2D eigenvalue weighted by Crippen LogP contribution is 2.43. The summed E-state index contributed by atoms with van der Waals surface area (Å²) in [5.74, 6) is 0.359. The van der Waals surface area contributed by atoms with E-state index in [1.54, 1.807) is 12.1 Å². The first-order valence-corrected chi connectivity index (χ1v) is 11.4. The average molecular weight is 440 g/mol. The number of rotatable bonds is 3. The van der Waals surface area contributed by atoms with Crippen molar-refractivity contribution in [1.29, 1.82) is 0 Å². The highest BCUT2D eigenvalue weighted by Gasteiger charge is 2.35. The Morgan fingerprint density at radius 1 is 1.27 bits per heavy atom. The molecule has 1 atom stereocenters. The minimum atomic E-state index is -0.116. The molecule has 1 amide bonds. The van der Waals surface area contributed by atoms with Crippen LogP contribution in [0.1, 0.15) is 51.2 Å². The zero-order chi connectivity index (χ0) is 21.5. The maximum atomic E-state index is 12.5. The van der Waals surface area contributed by atoms with Crippen LogP contribution < -0.4 is 10.2 Å². The molecule has 6 heteroatoms. The third kappa shape index (κ3) is 4.14. The van der Waals surface area contributed by atoms with Crippen LogP contribution in [-0.2, 0) is 4.79 Å². The number of aliphatic imine (C=N–C) groups is 1. The van der Waals surface area contributed by atoms with Gasteiger partial charge in [-0.3, -0.25) is 4.79 Å². The summed E-state index contributed by atoms with van der Waals surface area (Å²) in [6.07, 6.45) is 3.06. The lowest BCUT2D eigenvalue weighted by Gasteiger charge is -2.47. The molecule has 0 spiro atoms. The largest absolute Gasteiger partial charge is 0.366 e. The van der Waals surface area contributed by atoms with E-state index in [-0.39, 0.29) is 11.4 Å². The molecule has 2 aliphatic rings.